The highest BCUT2D eigenvalue weighted by Crippen LogP contribution is 2.27. The zero-order valence-corrected chi connectivity index (χ0v) is 13.0. The lowest BCUT2D eigenvalue weighted by molar-refractivity contribution is 0.0698. The Kier molecular flexibility index (Phi) is 4.71. The molecule has 0 aliphatic rings. The molecule has 25 heavy (non-hydrogen) atoms. The lowest BCUT2D eigenvalue weighted by atomic mass is 10.1. The third kappa shape index (κ3) is 4.00. The van der Waals surface area contributed by atoms with Crippen molar-refractivity contribution in [2.75, 3.05) is 5.32 Å². The van der Waals surface area contributed by atoms with Crippen LogP contribution in [0.2, 0.25) is 0 Å². The van der Waals surface area contributed by atoms with Crippen LogP contribution < -0.4 is 10.1 Å². The molecule has 0 saturated carbocycles. The first kappa shape index (κ1) is 16.2. The van der Waals surface area contributed by atoms with Crippen molar-refractivity contribution in [1.82, 2.24) is 4.98 Å². The van der Waals surface area contributed by atoms with E-state index in [9.17, 15) is 14.7 Å². The molecule has 1 heterocycles. The summed E-state index contributed by atoms with van der Waals surface area (Å²) in [7, 11) is 0. The lowest BCUT2D eigenvalue weighted by Gasteiger charge is -2.11. The number of hydrogen-bond donors (Lipinski definition) is 2. The molecule has 2 aromatic carbocycles. The van der Waals surface area contributed by atoms with Crippen LogP contribution >= 0.6 is 0 Å². The summed E-state index contributed by atoms with van der Waals surface area (Å²) < 4.78 is 5.68. The quantitative estimate of drug-likeness (QED) is 0.740. The summed E-state index contributed by atoms with van der Waals surface area (Å²) in [5, 5.41) is 11.9. The minimum atomic E-state index is -1.15. The Hall–Kier alpha value is -3.67. The van der Waals surface area contributed by atoms with Crippen molar-refractivity contribution in [3.63, 3.8) is 0 Å². The average Bonchev–Trinajstić information content (AvgIpc) is 2.63. The number of carboxylic acids is 1. The summed E-state index contributed by atoms with van der Waals surface area (Å²) in [5.74, 6) is -0.576. The van der Waals surface area contributed by atoms with Gasteiger partial charge in [0.05, 0.1) is 16.8 Å². The monoisotopic (exact) mass is 334 g/mol. The minimum absolute atomic E-state index is 0.0300. The van der Waals surface area contributed by atoms with Crippen LogP contribution in [-0.2, 0) is 0 Å². The summed E-state index contributed by atoms with van der Waals surface area (Å²) in [6.07, 6.45) is 2.95. The molecule has 0 spiro atoms. The van der Waals surface area contributed by atoms with Crippen LogP contribution in [-0.4, -0.2) is 22.0 Å². The number of nitrogens with one attached hydrogen (secondary N) is 1. The number of hydrogen-bond acceptors (Lipinski definition) is 4. The van der Waals surface area contributed by atoms with Crippen molar-refractivity contribution < 1.29 is 19.4 Å². The lowest BCUT2D eigenvalue weighted by Crippen LogP contribution is -2.15. The van der Waals surface area contributed by atoms with Crippen molar-refractivity contribution in [3.05, 3.63) is 84.2 Å². The Bertz CT molecular complexity index is 896. The number of benzene rings is 2. The highest BCUT2D eigenvalue weighted by Gasteiger charge is 2.15. The standard InChI is InChI=1S/C19H14N2O4/c22-18(13-5-4-10-20-12-13)21-17-11-15(8-9-16(17)19(23)24)25-14-6-2-1-3-7-14/h1-12H,(H,21,22)(H,23,24). The topological polar surface area (TPSA) is 88.5 Å². The van der Waals surface area contributed by atoms with Crippen molar-refractivity contribution in [1.29, 1.82) is 0 Å². The van der Waals surface area contributed by atoms with Gasteiger partial charge in [0.15, 0.2) is 0 Å². The SMILES string of the molecule is O=C(Nc1cc(Oc2ccccc2)ccc1C(=O)O)c1cccnc1. The molecule has 3 rings (SSSR count). The fourth-order valence-electron chi connectivity index (χ4n) is 2.19. The number of amides is 1. The second kappa shape index (κ2) is 7.27. The second-order valence-electron chi connectivity index (χ2n) is 5.12. The Balaban J connectivity index is 1.89. The molecule has 0 unspecified atom stereocenters. The van der Waals surface area contributed by atoms with E-state index in [2.05, 4.69) is 10.3 Å². The number of nitrogens with zero attached hydrogens (tertiary/aromatic N) is 1. The van der Waals surface area contributed by atoms with Crippen LogP contribution in [0.15, 0.2) is 73.1 Å². The highest BCUT2D eigenvalue weighted by atomic mass is 16.5. The second-order valence-corrected chi connectivity index (χ2v) is 5.12. The van der Waals surface area contributed by atoms with E-state index in [1.165, 1.54) is 24.4 Å². The molecule has 6 heteroatoms. The van der Waals surface area contributed by atoms with Gasteiger partial charge in [0.1, 0.15) is 11.5 Å². The minimum Gasteiger partial charge on any atom is -0.478 e. The summed E-state index contributed by atoms with van der Waals surface area (Å²) in [6, 6.07) is 16.7. The van der Waals surface area contributed by atoms with Gasteiger partial charge in [-0.15, -0.1) is 0 Å². The molecule has 1 aromatic heterocycles. The van der Waals surface area contributed by atoms with Crippen LogP contribution in [0.1, 0.15) is 20.7 Å². The predicted molar refractivity (Wildman–Crippen MR) is 92.1 cm³/mol. The van der Waals surface area contributed by atoms with Gasteiger partial charge in [0, 0.05) is 18.5 Å². The predicted octanol–water partition coefficient (Wildman–Crippen LogP) is 3.82. The van der Waals surface area contributed by atoms with Gasteiger partial charge in [-0.3, -0.25) is 9.78 Å². The Labute approximate surface area is 143 Å². The number of pyridine rings is 1. The first-order valence-corrected chi connectivity index (χ1v) is 7.45. The first-order valence-electron chi connectivity index (χ1n) is 7.45. The maximum Gasteiger partial charge on any atom is 0.337 e. The number of carbonyl (C=O) groups is 2. The third-order valence-electron chi connectivity index (χ3n) is 3.37. The maximum atomic E-state index is 12.3. The Morgan fingerprint density at radius 3 is 2.44 bits per heavy atom. The van der Waals surface area contributed by atoms with Crippen LogP contribution in [0.5, 0.6) is 11.5 Å². The fraction of sp³-hybridized carbons (Fsp3) is 0. The van der Waals surface area contributed by atoms with Crippen molar-refractivity contribution >= 4 is 17.6 Å². The molecule has 0 radical (unpaired) electrons. The van der Waals surface area contributed by atoms with Gasteiger partial charge >= 0.3 is 5.97 Å². The summed E-state index contributed by atoms with van der Waals surface area (Å²) in [6.45, 7) is 0. The van der Waals surface area contributed by atoms with E-state index >= 15 is 0 Å². The molecule has 0 bridgehead atoms. The molecule has 3 aromatic rings. The van der Waals surface area contributed by atoms with Gasteiger partial charge in [-0.05, 0) is 36.4 Å². The molecule has 0 fully saturated rings. The number of aromatic carboxylic acids is 1. The van der Waals surface area contributed by atoms with Crippen molar-refractivity contribution in [2.24, 2.45) is 0 Å². The van der Waals surface area contributed by atoms with E-state index in [4.69, 9.17) is 4.74 Å². The molecule has 0 aliphatic carbocycles. The van der Waals surface area contributed by atoms with E-state index in [1.54, 1.807) is 30.5 Å². The molecule has 0 atom stereocenters. The van der Waals surface area contributed by atoms with Crippen molar-refractivity contribution in [3.8, 4) is 11.5 Å². The number of anilines is 1. The van der Waals surface area contributed by atoms with E-state index < -0.39 is 11.9 Å². The van der Waals surface area contributed by atoms with E-state index in [1.807, 2.05) is 18.2 Å². The van der Waals surface area contributed by atoms with E-state index in [0.29, 0.717) is 17.1 Å². The molecule has 6 nitrogen and oxygen atoms in total. The number of carbonyl (C=O) groups excluding carboxylic acids is 1. The molecular weight excluding hydrogens is 320 g/mol. The third-order valence-corrected chi connectivity index (χ3v) is 3.37. The fourth-order valence-corrected chi connectivity index (χ4v) is 2.19. The van der Waals surface area contributed by atoms with Gasteiger partial charge < -0.3 is 15.2 Å². The first-order chi connectivity index (χ1) is 12.1. The zero-order chi connectivity index (χ0) is 17.6. The number of aromatic nitrogens is 1. The van der Waals surface area contributed by atoms with E-state index in [0.717, 1.165) is 0 Å². The number of carboxylic acid groups (broad SMARTS) is 1. The highest BCUT2D eigenvalue weighted by molar-refractivity contribution is 6.07. The molecule has 2 N–H and O–H groups in total. The van der Waals surface area contributed by atoms with Gasteiger partial charge in [-0.25, -0.2) is 4.79 Å². The van der Waals surface area contributed by atoms with Crippen LogP contribution in [0, 0.1) is 0 Å². The maximum absolute atomic E-state index is 12.3. The van der Waals surface area contributed by atoms with Crippen molar-refractivity contribution in [2.45, 2.75) is 0 Å². The normalized spacial score (nSPS) is 10.1. The van der Waals surface area contributed by atoms with Gasteiger partial charge in [-0.2, -0.15) is 0 Å². The summed E-state index contributed by atoms with van der Waals surface area (Å²) in [5.41, 5.74) is 0.445. The van der Waals surface area contributed by atoms with Crippen LogP contribution in [0.3, 0.4) is 0 Å². The van der Waals surface area contributed by atoms with Crippen LogP contribution in [0.25, 0.3) is 0 Å². The average molecular weight is 334 g/mol. The zero-order valence-electron chi connectivity index (χ0n) is 13.0. The summed E-state index contributed by atoms with van der Waals surface area (Å²) >= 11 is 0. The smallest absolute Gasteiger partial charge is 0.337 e. The van der Waals surface area contributed by atoms with Crippen LogP contribution in [0.4, 0.5) is 5.69 Å². The molecule has 0 saturated heterocycles. The molecule has 124 valence electrons. The van der Waals surface area contributed by atoms with E-state index in [-0.39, 0.29) is 11.3 Å². The number of ether oxygens (including phenoxy) is 1. The summed E-state index contributed by atoms with van der Waals surface area (Å²) in [4.78, 5) is 27.6. The number of para-hydroxylation sites is 1. The van der Waals surface area contributed by atoms with Gasteiger partial charge in [-0.1, -0.05) is 18.2 Å². The van der Waals surface area contributed by atoms with Gasteiger partial charge in [0.2, 0.25) is 0 Å². The van der Waals surface area contributed by atoms with Gasteiger partial charge in [0.25, 0.3) is 5.91 Å². The Morgan fingerprint density at radius 1 is 0.960 bits per heavy atom. The molecule has 0 aliphatic heterocycles. The largest absolute Gasteiger partial charge is 0.478 e. The molecule has 1 amide bonds. The Morgan fingerprint density at radius 2 is 1.76 bits per heavy atom. The molecular formula is C19H14N2O4. The number of rotatable bonds is 5.